The molecule has 1 aromatic heterocycles. The van der Waals surface area contributed by atoms with E-state index in [2.05, 4.69) is 18.8 Å². The average molecular weight is 250 g/mol. The molecule has 0 aromatic carbocycles. The van der Waals surface area contributed by atoms with E-state index in [9.17, 15) is 5.11 Å². The number of hydrogen-bond acceptors (Lipinski definition) is 4. The lowest BCUT2D eigenvalue weighted by atomic mass is 9.78. The van der Waals surface area contributed by atoms with Crippen molar-refractivity contribution in [3.8, 4) is 0 Å². The summed E-state index contributed by atoms with van der Waals surface area (Å²) in [5.74, 6) is 0. The lowest BCUT2D eigenvalue weighted by Crippen LogP contribution is -2.48. The summed E-state index contributed by atoms with van der Waals surface area (Å²) in [7, 11) is 0. The van der Waals surface area contributed by atoms with Crippen LogP contribution in [0, 0.1) is 0 Å². The summed E-state index contributed by atoms with van der Waals surface area (Å²) in [6.45, 7) is 4.74. The Bertz CT molecular complexity index is 424. The summed E-state index contributed by atoms with van der Waals surface area (Å²) in [6, 6.07) is 1.77. The molecule has 2 unspecified atom stereocenters. The zero-order valence-electron chi connectivity index (χ0n) is 11.1. The molecule has 2 atom stereocenters. The van der Waals surface area contributed by atoms with Gasteiger partial charge in [0.05, 0.1) is 17.8 Å². The maximum atomic E-state index is 10.8. The van der Waals surface area contributed by atoms with Crippen molar-refractivity contribution >= 4 is 5.69 Å². The van der Waals surface area contributed by atoms with Crippen molar-refractivity contribution in [2.75, 3.05) is 12.3 Å². The smallest absolute Gasteiger partial charge is 0.0738 e. The van der Waals surface area contributed by atoms with E-state index in [0.29, 0.717) is 31.6 Å². The number of anilines is 1. The maximum Gasteiger partial charge on any atom is 0.0738 e. The van der Waals surface area contributed by atoms with Gasteiger partial charge in [-0.15, -0.1) is 0 Å². The number of hydrogen-bond donors (Lipinski definition) is 2. The summed E-state index contributed by atoms with van der Waals surface area (Å²) in [5, 5.41) is 10.8. The molecule has 0 amide bonds. The van der Waals surface area contributed by atoms with Gasteiger partial charge < -0.3 is 15.6 Å². The van der Waals surface area contributed by atoms with Crippen LogP contribution in [-0.2, 0) is 11.2 Å². The van der Waals surface area contributed by atoms with Gasteiger partial charge in [0.1, 0.15) is 0 Å². The third-order valence-corrected chi connectivity index (χ3v) is 3.93. The van der Waals surface area contributed by atoms with Gasteiger partial charge in [-0.3, -0.25) is 4.98 Å². The highest BCUT2D eigenvalue weighted by Crippen LogP contribution is 2.37. The summed E-state index contributed by atoms with van der Waals surface area (Å²) in [4.78, 5) is 4.08. The molecular formula is C14H22N2O2. The topological polar surface area (TPSA) is 68.4 Å². The Labute approximate surface area is 108 Å². The molecule has 1 aliphatic heterocycles. The minimum absolute atomic E-state index is 0.232. The zero-order valence-corrected chi connectivity index (χ0v) is 11.1. The molecule has 18 heavy (non-hydrogen) atoms. The van der Waals surface area contributed by atoms with Crippen LogP contribution < -0.4 is 5.73 Å². The van der Waals surface area contributed by atoms with Gasteiger partial charge >= 0.3 is 0 Å². The van der Waals surface area contributed by atoms with E-state index >= 15 is 0 Å². The van der Waals surface area contributed by atoms with Crippen LogP contribution in [-0.4, -0.2) is 27.9 Å². The van der Waals surface area contributed by atoms with Crippen LogP contribution in [0.3, 0.4) is 0 Å². The summed E-state index contributed by atoms with van der Waals surface area (Å²) in [6.07, 6.45) is 6.15. The average Bonchev–Trinajstić information content (AvgIpc) is 2.32. The molecule has 0 aliphatic carbocycles. The molecule has 0 spiro atoms. The molecule has 0 radical (unpaired) electrons. The number of ether oxygens (including phenoxy) is 1. The molecule has 1 fully saturated rings. The molecule has 100 valence electrons. The number of nitrogens with zero attached hydrogens (tertiary/aromatic N) is 1. The number of aromatic nitrogens is 1. The monoisotopic (exact) mass is 250 g/mol. The van der Waals surface area contributed by atoms with Crippen LogP contribution in [0.1, 0.15) is 38.7 Å². The van der Waals surface area contributed by atoms with E-state index in [-0.39, 0.29) is 5.60 Å². The second-order valence-corrected chi connectivity index (χ2v) is 5.55. The Hall–Kier alpha value is -1.13. The zero-order chi connectivity index (χ0) is 13.2. The maximum absolute atomic E-state index is 10.8. The highest BCUT2D eigenvalue weighted by atomic mass is 16.5. The number of nitrogens with two attached hydrogens (primary N) is 1. The number of aliphatic hydroxyl groups is 1. The Morgan fingerprint density at radius 1 is 1.56 bits per heavy atom. The molecule has 1 aromatic rings. The molecule has 1 saturated heterocycles. The Kier molecular flexibility index (Phi) is 3.59. The van der Waals surface area contributed by atoms with Crippen LogP contribution in [0.4, 0.5) is 5.69 Å². The van der Waals surface area contributed by atoms with Crippen molar-refractivity contribution in [2.24, 2.45) is 0 Å². The van der Waals surface area contributed by atoms with Crippen LogP contribution in [0.15, 0.2) is 18.5 Å². The highest BCUT2D eigenvalue weighted by molar-refractivity contribution is 5.45. The number of rotatable bonds is 3. The molecule has 4 nitrogen and oxygen atoms in total. The fourth-order valence-corrected chi connectivity index (χ4v) is 2.64. The van der Waals surface area contributed by atoms with Crippen LogP contribution >= 0.6 is 0 Å². The van der Waals surface area contributed by atoms with E-state index in [1.54, 1.807) is 18.5 Å². The second-order valence-electron chi connectivity index (χ2n) is 5.55. The lowest BCUT2D eigenvalue weighted by Gasteiger charge is -2.43. The minimum Gasteiger partial charge on any atom is -0.398 e. The minimum atomic E-state index is -0.736. The van der Waals surface area contributed by atoms with Gasteiger partial charge in [-0.2, -0.15) is 0 Å². The van der Waals surface area contributed by atoms with Crippen LogP contribution in [0.2, 0.25) is 0 Å². The van der Waals surface area contributed by atoms with Gasteiger partial charge in [-0.05, 0) is 31.4 Å². The van der Waals surface area contributed by atoms with E-state index in [4.69, 9.17) is 10.5 Å². The molecule has 0 saturated carbocycles. The fourth-order valence-electron chi connectivity index (χ4n) is 2.64. The third-order valence-electron chi connectivity index (χ3n) is 3.93. The Balaban J connectivity index is 2.15. The number of nitrogen functional groups attached to an aromatic ring is 1. The number of pyridine rings is 1. The SMILES string of the molecule is CCC1(C)CC(O)(Cc2cnccc2N)CCO1. The van der Waals surface area contributed by atoms with Crippen molar-refractivity contribution in [2.45, 2.75) is 50.7 Å². The summed E-state index contributed by atoms with van der Waals surface area (Å²) in [5.41, 5.74) is 6.56. The van der Waals surface area contributed by atoms with E-state index < -0.39 is 5.60 Å². The Morgan fingerprint density at radius 2 is 2.33 bits per heavy atom. The second kappa shape index (κ2) is 4.86. The molecular weight excluding hydrogens is 228 g/mol. The molecule has 4 heteroatoms. The first-order valence-electron chi connectivity index (χ1n) is 6.51. The van der Waals surface area contributed by atoms with Crippen LogP contribution in [0.5, 0.6) is 0 Å². The quantitative estimate of drug-likeness (QED) is 0.860. The van der Waals surface area contributed by atoms with E-state index in [0.717, 1.165) is 12.0 Å². The highest BCUT2D eigenvalue weighted by Gasteiger charge is 2.41. The Morgan fingerprint density at radius 3 is 3.00 bits per heavy atom. The van der Waals surface area contributed by atoms with Crippen molar-refractivity contribution in [3.63, 3.8) is 0 Å². The van der Waals surface area contributed by atoms with Gasteiger partial charge in [-0.25, -0.2) is 0 Å². The standard InChI is InChI=1S/C14H22N2O2/c1-3-13(2)10-14(17,5-7-18-13)8-11-9-16-6-4-12(11)15/h4,6,9,17H,3,5,7-8,10H2,1-2H3,(H2,15,16). The predicted molar refractivity (Wildman–Crippen MR) is 71.2 cm³/mol. The summed E-state index contributed by atoms with van der Waals surface area (Å²) < 4.78 is 5.77. The van der Waals surface area contributed by atoms with Crippen molar-refractivity contribution < 1.29 is 9.84 Å². The molecule has 1 aliphatic rings. The van der Waals surface area contributed by atoms with E-state index in [1.165, 1.54) is 0 Å². The molecule has 2 heterocycles. The first-order valence-corrected chi connectivity index (χ1v) is 6.51. The molecule has 0 bridgehead atoms. The largest absolute Gasteiger partial charge is 0.398 e. The normalized spacial score (nSPS) is 32.4. The molecule has 3 N–H and O–H groups in total. The molecule has 2 rings (SSSR count). The lowest BCUT2D eigenvalue weighted by molar-refractivity contribution is -0.152. The van der Waals surface area contributed by atoms with Gasteiger partial charge in [0.25, 0.3) is 0 Å². The predicted octanol–water partition coefficient (Wildman–Crippen LogP) is 1.92. The van der Waals surface area contributed by atoms with Gasteiger partial charge in [0.2, 0.25) is 0 Å². The van der Waals surface area contributed by atoms with Gasteiger partial charge in [0, 0.05) is 30.9 Å². The summed E-state index contributed by atoms with van der Waals surface area (Å²) >= 11 is 0. The van der Waals surface area contributed by atoms with Crippen molar-refractivity contribution in [1.82, 2.24) is 4.98 Å². The van der Waals surface area contributed by atoms with Gasteiger partial charge in [-0.1, -0.05) is 6.92 Å². The van der Waals surface area contributed by atoms with Gasteiger partial charge in [0.15, 0.2) is 0 Å². The van der Waals surface area contributed by atoms with E-state index in [1.807, 2.05) is 0 Å². The third kappa shape index (κ3) is 2.82. The first kappa shape index (κ1) is 13.3. The first-order chi connectivity index (χ1) is 8.46. The van der Waals surface area contributed by atoms with Crippen LogP contribution in [0.25, 0.3) is 0 Å². The van der Waals surface area contributed by atoms with Crippen molar-refractivity contribution in [3.05, 3.63) is 24.0 Å². The fraction of sp³-hybridized carbons (Fsp3) is 0.643. The van der Waals surface area contributed by atoms with Crippen molar-refractivity contribution in [1.29, 1.82) is 0 Å².